The van der Waals surface area contributed by atoms with Crippen LogP contribution in [0.1, 0.15) is 7.43 Å². The molecular weight excluding hydrogens is 170 g/mol. The molecule has 0 spiro atoms. The third-order valence-electron chi connectivity index (χ3n) is 0. The zero-order valence-corrected chi connectivity index (χ0v) is 5.36. The topological polar surface area (TPSA) is 0 Å². The van der Waals surface area contributed by atoms with Crippen molar-refractivity contribution in [3.8, 4) is 0 Å². The molecule has 0 bridgehead atoms. The molecule has 0 aliphatic carbocycles. The van der Waals surface area contributed by atoms with Crippen LogP contribution in [0.15, 0.2) is 0 Å². The van der Waals surface area contributed by atoms with Crippen LogP contribution in [0.2, 0.25) is 0 Å². The first-order chi connectivity index (χ1) is 0. The van der Waals surface area contributed by atoms with Crippen LogP contribution in [0.3, 0.4) is 0 Å². The summed E-state index contributed by atoms with van der Waals surface area (Å²) < 4.78 is 0. The van der Waals surface area contributed by atoms with E-state index in [4.69, 9.17) is 0 Å². The Labute approximate surface area is 62.1 Å². The quantitative estimate of drug-likeness (QED) is 0.530. The molecule has 0 rings (SSSR count). The molecule has 0 aliphatic heterocycles. The van der Waals surface area contributed by atoms with E-state index in [0.717, 1.165) is 0 Å². The van der Waals surface area contributed by atoms with Crippen LogP contribution in [-0.2, 0) is 17.4 Å². The summed E-state index contributed by atoms with van der Waals surface area (Å²) in [5.41, 5.74) is 0. The Balaban J connectivity index is 0. The van der Waals surface area contributed by atoms with E-state index >= 15 is 0 Å². The maximum absolute atomic E-state index is 0. The van der Waals surface area contributed by atoms with Crippen molar-refractivity contribution in [2.75, 3.05) is 0 Å². The van der Waals surface area contributed by atoms with Crippen molar-refractivity contribution in [3.63, 3.8) is 0 Å². The second-order valence-corrected chi connectivity index (χ2v) is 0. The van der Waals surface area contributed by atoms with Crippen LogP contribution >= 0.6 is 37.2 Å². The van der Waals surface area contributed by atoms with Gasteiger partial charge in [0.2, 0.25) is 0 Å². The Morgan fingerprint density at radius 3 is 0.600 bits per heavy atom. The molecule has 5 heavy (non-hydrogen) atoms. The number of hydrogen-bond donors (Lipinski definition) is 0. The fraction of sp³-hybridized carbons (Fsp3) is 1.00. The molecule has 0 saturated carbocycles. The largest absolute Gasteiger partial charge is 0.147 e. The molecule has 0 heterocycles. The summed E-state index contributed by atoms with van der Waals surface area (Å²) >= 11 is 0. The van der Waals surface area contributed by atoms with Crippen LogP contribution in [-0.4, -0.2) is 0 Å². The molecule has 0 aromatic carbocycles. The predicted octanol–water partition coefficient (Wildman–Crippen LogP) is 1.90. The van der Waals surface area contributed by atoms with E-state index in [-0.39, 0.29) is 62.0 Å². The Hall–Kier alpha value is 1.40. The maximum atomic E-state index is 0. The Kier molecular flexibility index (Phi) is 1010. The van der Waals surface area contributed by atoms with Crippen LogP contribution in [0, 0.1) is 0 Å². The summed E-state index contributed by atoms with van der Waals surface area (Å²) in [5, 5.41) is 0. The minimum absolute atomic E-state index is 0. The molecule has 0 atom stereocenters. The third kappa shape index (κ3) is 31.8. The van der Waals surface area contributed by atoms with E-state index < -0.39 is 0 Å². The van der Waals surface area contributed by atoms with Gasteiger partial charge in [-0.1, -0.05) is 7.43 Å². The average molecular weight is 177 g/mol. The van der Waals surface area contributed by atoms with Gasteiger partial charge < -0.3 is 0 Å². The van der Waals surface area contributed by atoms with Crippen LogP contribution < -0.4 is 0 Å². The van der Waals surface area contributed by atoms with Crippen LogP contribution in [0.25, 0.3) is 0 Å². The summed E-state index contributed by atoms with van der Waals surface area (Å²) in [6.07, 6.45) is 0. The molecule has 0 unspecified atom stereocenters. The molecule has 0 aliphatic rings. The third-order valence-corrected chi connectivity index (χ3v) is 0. The average Bonchev–Trinajstić information content (AvgIpc) is 0. The van der Waals surface area contributed by atoms with E-state index in [2.05, 4.69) is 0 Å². The summed E-state index contributed by atoms with van der Waals surface area (Å²) in [6, 6.07) is 0. The summed E-state index contributed by atoms with van der Waals surface area (Å²) in [5.74, 6) is 0. The van der Waals surface area contributed by atoms with Gasteiger partial charge in [-0.25, -0.2) is 0 Å². The normalized spacial score (nSPS) is 0. The van der Waals surface area contributed by atoms with Crippen LogP contribution in [0.4, 0.5) is 0 Å². The van der Waals surface area contributed by atoms with Gasteiger partial charge in [-0.05, 0) is 0 Å². The molecule has 4 heteroatoms. The SMILES string of the molecule is C.Cl.Cl.Cl.[Cr]. The van der Waals surface area contributed by atoms with Crippen molar-refractivity contribution >= 4 is 37.2 Å². The van der Waals surface area contributed by atoms with Gasteiger partial charge >= 0.3 is 0 Å². The molecule has 0 aromatic rings. The van der Waals surface area contributed by atoms with Gasteiger partial charge in [0.25, 0.3) is 0 Å². The standard InChI is InChI=1S/CH4.3ClH.Cr/h1H4;3*1H;. The fourth-order valence-corrected chi connectivity index (χ4v) is 0. The number of halogens is 3. The van der Waals surface area contributed by atoms with Gasteiger partial charge in [-0.3, -0.25) is 0 Å². The van der Waals surface area contributed by atoms with Gasteiger partial charge in [0.05, 0.1) is 0 Å². The minimum atomic E-state index is 0. The van der Waals surface area contributed by atoms with Gasteiger partial charge in [-0.15, -0.1) is 37.2 Å². The van der Waals surface area contributed by atoms with Gasteiger partial charge in [0, 0.05) is 17.4 Å². The van der Waals surface area contributed by atoms with Gasteiger partial charge in [-0.2, -0.15) is 0 Å². The second kappa shape index (κ2) is 53.2. The molecule has 0 N–H and O–H groups in total. The zero-order valence-electron chi connectivity index (χ0n) is 1.63. The molecule has 0 fully saturated rings. The minimum Gasteiger partial charge on any atom is -0.147 e. The number of rotatable bonds is 0. The fourth-order valence-electron chi connectivity index (χ4n) is 0. The Bertz CT molecular complexity index is 6.85. The second-order valence-electron chi connectivity index (χ2n) is 0. The van der Waals surface area contributed by atoms with E-state index in [1.54, 1.807) is 0 Å². The molecule has 38 valence electrons. The van der Waals surface area contributed by atoms with Crippen LogP contribution in [0.5, 0.6) is 0 Å². The maximum Gasteiger partial charge on any atom is 0 e. The van der Waals surface area contributed by atoms with Crippen molar-refractivity contribution < 1.29 is 17.4 Å². The number of hydrogen-bond acceptors (Lipinski definition) is 0. The van der Waals surface area contributed by atoms with E-state index in [1.807, 2.05) is 0 Å². The zero-order chi connectivity index (χ0) is 0. The molecule has 0 amide bonds. The Morgan fingerprint density at radius 2 is 0.600 bits per heavy atom. The molecular formula is CH7Cl3Cr. The molecule has 0 nitrogen and oxygen atoms in total. The smallest absolute Gasteiger partial charge is 0 e. The monoisotopic (exact) mass is 176 g/mol. The first kappa shape index (κ1) is 95.0. The van der Waals surface area contributed by atoms with Crippen molar-refractivity contribution in [1.82, 2.24) is 0 Å². The summed E-state index contributed by atoms with van der Waals surface area (Å²) in [7, 11) is 0. The molecule has 0 radical (unpaired) electrons. The van der Waals surface area contributed by atoms with E-state index in [9.17, 15) is 0 Å². The summed E-state index contributed by atoms with van der Waals surface area (Å²) in [4.78, 5) is 0. The van der Waals surface area contributed by atoms with E-state index in [1.165, 1.54) is 0 Å². The van der Waals surface area contributed by atoms with Crippen molar-refractivity contribution in [1.29, 1.82) is 0 Å². The predicted molar refractivity (Wildman–Crippen MR) is 28.5 cm³/mol. The van der Waals surface area contributed by atoms with Crippen molar-refractivity contribution in [2.24, 2.45) is 0 Å². The Morgan fingerprint density at radius 1 is 0.600 bits per heavy atom. The van der Waals surface area contributed by atoms with Gasteiger partial charge in [0.15, 0.2) is 0 Å². The summed E-state index contributed by atoms with van der Waals surface area (Å²) in [6.45, 7) is 0. The first-order valence-corrected chi connectivity index (χ1v) is 0. The van der Waals surface area contributed by atoms with E-state index in [0.29, 0.717) is 0 Å². The molecule has 0 saturated heterocycles. The first-order valence-electron chi connectivity index (χ1n) is 0. The van der Waals surface area contributed by atoms with Gasteiger partial charge in [0.1, 0.15) is 0 Å². The van der Waals surface area contributed by atoms with Crippen molar-refractivity contribution in [3.05, 3.63) is 0 Å². The molecule has 0 aromatic heterocycles. The van der Waals surface area contributed by atoms with Crippen molar-refractivity contribution in [2.45, 2.75) is 7.43 Å².